The first-order chi connectivity index (χ1) is 8.69. The highest BCUT2D eigenvalue weighted by Crippen LogP contribution is 2.36. The van der Waals surface area contributed by atoms with Crippen LogP contribution in [0.2, 0.25) is 0 Å². The van der Waals surface area contributed by atoms with E-state index < -0.39 is 6.67 Å². The second-order valence-corrected chi connectivity index (χ2v) is 3.61. The predicted molar refractivity (Wildman–Crippen MR) is 64.3 cm³/mol. The molecule has 0 saturated carbocycles. The molecule has 2 N–H and O–H groups in total. The molecule has 0 amide bonds. The summed E-state index contributed by atoms with van der Waals surface area (Å²) in [6.07, 6.45) is 0. The van der Waals surface area contributed by atoms with Crippen molar-refractivity contribution in [2.75, 3.05) is 20.0 Å². The third kappa shape index (κ3) is 2.09. The van der Waals surface area contributed by atoms with Crippen LogP contribution < -0.4 is 15.2 Å². The van der Waals surface area contributed by atoms with Crippen LogP contribution in [0.5, 0.6) is 11.5 Å². The summed E-state index contributed by atoms with van der Waals surface area (Å²) in [7, 11) is 2.98. The number of rotatable bonds is 4. The number of benzene rings is 1. The van der Waals surface area contributed by atoms with Gasteiger partial charge in [-0.2, -0.15) is 0 Å². The summed E-state index contributed by atoms with van der Waals surface area (Å²) in [5.41, 5.74) is 6.47. The summed E-state index contributed by atoms with van der Waals surface area (Å²) in [5, 5.41) is 3.59. The number of nitrogens with zero attached hydrogens (tertiary/aromatic N) is 1. The highest BCUT2D eigenvalue weighted by atomic mass is 19.1. The van der Waals surface area contributed by atoms with Gasteiger partial charge in [-0.25, -0.2) is 4.39 Å². The minimum absolute atomic E-state index is 0.254. The van der Waals surface area contributed by atoms with Crippen molar-refractivity contribution in [2.24, 2.45) is 0 Å². The van der Waals surface area contributed by atoms with Crippen LogP contribution in [0, 0.1) is 0 Å². The average molecular weight is 252 g/mol. The lowest BCUT2D eigenvalue weighted by Gasteiger charge is -2.11. The van der Waals surface area contributed by atoms with Crippen LogP contribution in [0.4, 0.5) is 10.2 Å². The van der Waals surface area contributed by atoms with E-state index in [-0.39, 0.29) is 5.82 Å². The molecule has 6 heteroatoms. The van der Waals surface area contributed by atoms with Gasteiger partial charge in [0.1, 0.15) is 18.2 Å². The minimum Gasteiger partial charge on any atom is -0.496 e. The first-order valence-electron chi connectivity index (χ1n) is 5.23. The summed E-state index contributed by atoms with van der Waals surface area (Å²) in [5.74, 6) is 1.59. The van der Waals surface area contributed by atoms with Crippen molar-refractivity contribution in [1.82, 2.24) is 5.16 Å². The molecule has 0 atom stereocenters. The maximum Gasteiger partial charge on any atom is 0.172 e. The summed E-state index contributed by atoms with van der Waals surface area (Å²) in [4.78, 5) is 0. The second kappa shape index (κ2) is 4.95. The molecular formula is C12H13FN2O3. The van der Waals surface area contributed by atoms with Gasteiger partial charge < -0.3 is 19.7 Å². The summed E-state index contributed by atoms with van der Waals surface area (Å²) in [6.45, 7) is -0.649. The molecule has 0 aliphatic heterocycles. The lowest BCUT2D eigenvalue weighted by atomic mass is 10.1. The van der Waals surface area contributed by atoms with E-state index in [0.717, 1.165) is 0 Å². The van der Waals surface area contributed by atoms with Crippen molar-refractivity contribution in [1.29, 1.82) is 0 Å². The molecule has 18 heavy (non-hydrogen) atoms. The highest BCUT2D eigenvalue weighted by molar-refractivity contribution is 5.70. The molecule has 0 aliphatic carbocycles. The van der Waals surface area contributed by atoms with E-state index in [4.69, 9.17) is 19.7 Å². The molecule has 0 saturated heterocycles. The molecule has 1 aromatic carbocycles. The molecule has 1 heterocycles. The summed E-state index contributed by atoms with van der Waals surface area (Å²) < 4.78 is 28.3. The average Bonchev–Trinajstić information content (AvgIpc) is 2.83. The molecule has 0 spiro atoms. The number of alkyl halides is 1. The monoisotopic (exact) mass is 252 g/mol. The Balaban J connectivity index is 2.58. The fraction of sp³-hybridized carbons (Fsp3) is 0.250. The number of halogens is 1. The molecular weight excluding hydrogens is 239 g/mol. The maximum absolute atomic E-state index is 12.9. The van der Waals surface area contributed by atoms with Crippen LogP contribution in [0.15, 0.2) is 22.7 Å². The van der Waals surface area contributed by atoms with Gasteiger partial charge in [0.25, 0.3) is 0 Å². The molecule has 0 bridgehead atoms. The molecule has 0 radical (unpaired) electrons. The lowest BCUT2D eigenvalue weighted by molar-refractivity contribution is 0.379. The quantitative estimate of drug-likeness (QED) is 0.904. The van der Waals surface area contributed by atoms with Gasteiger partial charge in [-0.1, -0.05) is 5.16 Å². The topological polar surface area (TPSA) is 70.5 Å². The molecule has 1 aromatic heterocycles. The molecule has 5 nitrogen and oxygen atoms in total. The van der Waals surface area contributed by atoms with E-state index in [1.807, 2.05) is 0 Å². The molecule has 0 unspecified atom stereocenters. The zero-order chi connectivity index (χ0) is 13.1. The number of ether oxygens (including phenoxy) is 2. The van der Waals surface area contributed by atoms with Gasteiger partial charge in [0.2, 0.25) is 0 Å². The van der Waals surface area contributed by atoms with Crippen LogP contribution in [-0.2, 0) is 6.67 Å². The Bertz CT molecular complexity index is 554. The van der Waals surface area contributed by atoms with Crippen molar-refractivity contribution in [3.8, 4) is 22.8 Å². The van der Waals surface area contributed by atoms with Gasteiger partial charge in [-0.3, -0.25) is 0 Å². The largest absolute Gasteiger partial charge is 0.496 e. The van der Waals surface area contributed by atoms with E-state index in [0.29, 0.717) is 28.4 Å². The first kappa shape index (κ1) is 12.2. The molecule has 0 fully saturated rings. The standard InChI is InChI=1S/C12H13FN2O3/c1-16-9-4-10(17-2)8(3-7(9)6-13)11-5-12(14)15-18-11/h3-5H,6H2,1-2H3,(H2,14,15). The van der Waals surface area contributed by atoms with Gasteiger partial charge in [0.05, 0.1) is 19.8 Å². The normalized spacial score (nSPS) is 10.4. The zero-order valence-electron chi connectivity index (χ0n) is 10.1. The lowest BCUT2D eigenvalue weighted by Crippen LogP contribution is -1.94. The first-order valence-corrected chi connectivity index (χ1v) is 5.23. The van der Waals surface area contributed by atoms with Crippen molar-refractivity contribution < 1.29 is 18.4 Å². The molecule has 2 rings (SSSR count). The number of methoxy groups -OCH3 is 2. The number of nitrogens with two attached hydrogens (primary N) is 1. The predicted octanol–water partition coefficient (Wildman–Crippen LogP) is 2.41. The van der Waals surface area contributed by atoms with E-state index in [1.165, 1.54) is 14.2 Å². The van der Waals surface area contributed by atoms with Gasteiger partial charge in [-0.05, 0) is 6.07 Å². The number of aromatic nitrogens is 1. The SMILES string of the molecule is COc1cc(OC)c(-c2cc(N)no2)cc1CF. The number of anilines is 1. The molecule has 0 aliphatic rings. The van der Waals surface area contributed by atoms with Gasteiger partial charge in [0.15, 0.2) is 11.6 Å². The van der Waals surface area contributed by atoms with Crippen molar-refractivity contribution in [2.45, 2.75) is 6.67 Å². The Labute approximate surface area is 103 Å². The fourth-order valence-electron chi connectivity index (χ4n) is 1.68. The molecule has 2 aromatic rings. The van der Waals surface area contributed by atoms with Crippen molar-refractivity contribution >= 4 is 5.82 Å². The Morgan fingerprint density at radius 1 is 1.22 bits per heavy atom. The van der Waals surface area contributed by atoms with E-state index in [1.54, 1.807) is 18.2 Å². The minimum atomic E-state index is -0.649. The second-order valence-electron chi connectivity index (χ2n) is 3.61. The number of hydrogen-bond donors (Lipinski definition) is 1. The van der Waals surface area contributed by atoms with Crippen molar-refractivity contribution in [3.63, 3.8) is 0 Å². The van der Waals surface area contributed by atoms with Gasteiger partial charge in [0, 0.05) is 17.7 Å². The Hall–Kier alpha value is -2.24. The fourth-order valence-corrected chi connectivity index (χ4v) is 1.68. The Morgan fingerprint density at radius 3 is 2.44 bits per heavy atom. The van der Waals surface area contributed by atoms with Crippen LogP contribution in [0.25, 0.3) is 11.3 Å². The van der Waals surface area contributed by atoms with E-state index >= 15 is 0 Å². The Kier molecular flexibility index (Phi) is 3.36. The van der Waals surface area contributed by atoms with Crippen LogP contribution in [0.1, 0.15) is 5.56 Å². The summed E-state index contributed by atoms with van der Waals surface area (Å²) in [6, 6.07) is 4.74. The number of nitrogen functional groups attached to an aromatic ring is 1. The smallest absolute Gasteiger partial charge is 0.172 e. The highest BCUT2D eigenvalue weighted by Gasteiger charge is 2.16. The third-order valence-corrected chi connectivity index (χ3v) is 2.54. The van der Waals surface area contributed by atoms with Gasteiger partial charge in [-0.15, -0.1) is 0 Å². The third-order valence-electron chi connectivity index (χ3n) is 2.54. The molecule has 96 valence electrons. The van der Waals surface area contributed by atoms with E-state index in [9.17, 15) is 4.39 Å². The van der Waals surface area contributed by atoms with Gasteiger partial charge >= 0.3 is 0 Å². The van der Waals surface area contributed by atoms with E-state index in [2.05, 4.69) is 5.16 Å². The van der Waals surface area contributed by atoms with Crippen LogP contribution in [0.3, 0.4) is 0 Å². The zero-order valence-corrected chi connectivity index (χ0v) is 10.1. The Morgan fingerprint density at radius 2 is 1.94 bits per heavy atom. The number of hydrogen-bond acceptors (Lipinski definition) is 5. The van der Waals surface area contributed by atoms with Crippen molar-refractivity contribution in [3.05, 3.63) is 23.8 Å². The summed E-state index contributed by atoms with van der Waals surface area (Å²) >= 11 is 0. The van der Waals surface area contributed by atoms with Crippen LogP contribution in [-0.4, -0.2) is 19.4 Å². The maximum atomic E-state index is 12.9. The van der Waals surface area contributed by atoms with Crippen LogP contribution >= 0.6 is 0 Å².